The van der Waals surface area contributed by atoms with Crippen LogP contribution in [0.5, 0.6) is 5.75 Å². The number of amides is 1. The van der Waals surface area contributed by atoms with Crippen LogP contribution < -0.4 is 9.64 Å². The standard InChI is InChI=1S/C39H48N4O5S/c1-4-43-23-31(21-40-43)35(44)24-49(46)18-7-5-6-10-36(47-3)32-14-12-30(32)22-42-25-39(17-8-9-28-19-27(2)11-15-33(28)39)26-48-37-16-13-29(20-34(37)42)38(45)41-49/h6,10-11,13,15-16,19-21,23,30,32,36H,4-5,7-9,12,14,17-18,22,24-26H2,1-3H3/b10-6+/t30-,32+,36-,39-,49+/m0/s1. The van der Waals surface area contributed by atoms with Gasteiger partial charge in [0.25, 0.3) is 5.91 Å². The molecule has 2 aliphatic heterocycles. The van der Waals surface area contributed by atoms with Crippen molar-refractivity contribution in [2.45, 2.75) is 76.9 Å². The van der Waals surface area contributed by atoms with E-state index < -0.39 is 15.6 Å². The predicted octanol–water partition coefficient (Wildman–Crippen LogP) is 6.57. The van der Waals surface area contributed by atoms with Crippen molar-refractivity contribution < 1.29 is 23.3 Å². The Hall–Kier alpha value is -3.76. The lowest BCUT2D eigenvalue weighted by molar-refractivity contribution is 0.0132. The van der Waals surface area contributed by atoms with Gasteiger partial charge in [-0.1, -0.05) is 35.9 Å². The van der Waals surface area contributed by atoms with Crippen LogP contribution >= 0.6 is 0 Å². The summed E-state index contributed by atoms with van der Waals surface area (Å²) in [6, 6.07) is 12.3. The van der Waals surface area contributed by atoms with Crippen LogP contribution in [0.3, 0.4) is 0 Å². The molecule has 1 saturated carbocycles. The highest BCUT2D eigenvalue weighted by atomic mass is 32.2. The smallest absolute Gasteiger partial charge is 0.285 e. The molecule has 3 heterocycles. The van der Waals surface area contributed by atoms with Crippen LogP contribution in [-0.4, -0.2) is 70.1 Å². The Kier molecular flexibility index (Phi) is 9.54. The second kappa shape index (κ2) is 13.9. The minimum atomic E-state index is -3.21. The van der Waals surface area contributed by atoms with Crippen molar-refractivity contribution in [2.75, 3.05) is 43.2 Å². The second-order valence-corrected chi connectivity index (χ2v) is 16.9. The van der Waals surface area contributed by atoms with Crippen LogP contribution in [0, 0.1) is 18.8 Å². The van der Waals surface area contributed by atoms with Crippen LogP contribution in [0.2, 0.25) is 0 Å². The number of ketones is 1. The van der Waals surface area contributed by atoms with Crippen LogP contribution in [-0.2, 0) is 32.8 Å². The molecule has 2 bridgehead atoms. The summed E-state index contributed by atoms with van der Waals surface area (Å²) >= 11 is 0. The van der Waals surface area contributed by atoms with Crippen molar-refractivity contribution in [3.63, 3.8) is 0 Å². The first-order valence-corrected chi connectivity index (χ1v) is 19.7. The van der Waals surface area contributed by atoms with Gasteiger partial charge >= 0.3 is 0 Å². The molecule has 2 aromatic carbocycles. The lowest BCUT2D eigenvalue weighted by Gasteiger charge is -2.46. The van der Waals surface area contributed by atoms with E-state index in [1.54, 1.807) is 24.1 Å². The number of carbonyl (C=O) groups is 2. The van der Waals surface area contributed by atoms with E-state index in [1.807, 2.05) is 19.1 Å². The van der Waals surface area contributed by atoms with E-state index in [0.717, 1.165) is 56.6 Å². The SMILES string of the molecule is CCn1cc(C(=O)C[S@@]2(=O)=NC(=O)c3ccc4c(c3)N(C[C@@H]3CC[C@H]3[C@@H](OC)/C=C/CCC2)C[C@@]2(CCCc3cc(C)ccc32)CO4)cn1. The van der Waals surface area contributed by atoms with Gasteiger partial charge in [-0.3, -0.25) is 14.3 Å². The van der Waals surface area contributed by atoms with Gasteiger partial charge in [-0.25, -0.2) is 4.21 Å². The van der Waals surface area contributed by atoms with Crippen LogP contribution in [0.15, 0.2) is 65.3 Å². The number of benzene rings is 2. The number of allylic oxidation sites excluding steroid dienone is 1. The molecular weight excluding hydrogens is 637 g/mol. The largest absolute Gasteiger partial charge is 0.490 e. The summed E-state index contributed by atoms with van der Waals surface area (Å²) < 4.78 is 33.1. The van der Waals surface area contributed by atoms with Crippen molar-refractivity contribution in [1.29, 1.82) is 0 Å². The minimum absolute atomic E-state index is 0.0136. The maximum Gasteiger partial charge on any atom is 0.285 e. The summed E-state index contributed by atoms with van der Waals surface area (Å²) in [7, 11) is -1.43. The molecule has 0 saturated heterocycles. The molecule has 1 spiro atoms. The van der Waals surface area contributed by atoms with Crippen molar-refractivity contribution in [3.05, 3.63) is 88.8 Å². The number of fused-ring (bicyclic) bond motifs is 4. The number of hydrogen-bond acceptors (Lipinski definition) is 7. The lowest BCUT2D eigenvalue weighted by Crippen LogP contribution is -2.49. The molecule has 49 heavy (non-hydrogen) atoms. The molecular formula is C39H48N4O5S. The molecule has 1 amide bonds. The molecule has 0 N–H and O–H groups in total. The van der Waals surface area contributed by atoms with Gasteiger partial charge in [-0.15, -0.1) is 0 Å². The van der Waals surface area contributed by atoms with Crippen molar-refractivity contribution in [2.24, 2.45) is 16.2 Å². The number of Topliss-reactive ketones (excluding diaryl/α,β-unsaturated/α-hetero) is 1. The first-order chi connectivity index (χ1) is 23.7. The third-order valence-electron chi connectivity index (χ3n) is 11.1. The molecule has 2 aliphatic carbocycles. The average molecular weight is 685 g/mol. The molecule has 9 nitrogen and oxygen atoms in total. The number of aryl methyl sites for hydroxylation is 3. The zero-order chi connectivity index (χ0) is 34.2. The first-order valence-electron chi connectivity index (χ1n) is 17.8. The number of anilines is 1. The molecule has 260 valence electrons. The van der Waals surface area contributed by atoms with Gasteiger partial charge in [0.1, 0.15) is 5.75 Å². The third-order valence-corrected chi connectivity index (χ3v) is 13.3. The molecule has 7 rings (SSSR count). The van der Waals surface area contributed by atoms with Crippen molar-refractivity contribution in [3.8, 4) is 5.75 Å². The monoisotopic (exact) mass is 684 g/mol. The Morgan fingerprint density at radius 3 is 2.82 bits per heavy atom. The lowest BCUT2D eigenvalue weighted by atomic mass is 9.68. The van der Waals surface area contributed by atoms with E-state index in [-0.39, 0.29) is 28.8 Å². The number of aromatic nitrogens is 2. The quantitative estimate of drug-likeness (QED) is 0.221. The predicted molar refractivity (Wildman–Crippen MR) is 192 cm³/mol. The highest BCUT2D eigenvalue weighted by molar-refractivity contribution is 7.94. The number of ether oxygens (including phenoxy) is 2. The Labute approximate surface area is 290 Å². The number of nitrogens with zero attached hydrogens (tertiary/aromatic N) is 4. The maximum absolute atomic E-state index is 14.4. The summed E-state index contributed by atoms with van der Waals surface area (Å²) in [5.74, 6) is 0.479. The van der Waals surface area contributed by atoms with Gasteiger partial charge in [0.2, 0.25) is 0 Å². The van der Waals surface area contributed by atoms with Gasteiger partial charge in [0, 0.05) is 49.7 Å². The second-order valence-electron chi connectivity index (χ2n) is 14.4. The summed E-state index contributed by atoms with van der Waals surface area (Å²) in [6.45, 7) is 6.87. The summed E-state index contributed by atoms with van der Waals surface area (Å²) in [4.78, 5) is 29.7. The maximum atomic E-state index is 14.4. The fourth-order valence-corrected chi connectivity index (χ4v) is 10.2. The van der Waals surface area contributed by atoms with Crippen molar-refractivity contribution in [1.82, 2.24) is 9.78 Å². The Morgan fingerprint density at radius 1 is 1.16 bits per heavy atom. The van der Waals surface area contributed by atoms with E-state index in [9.17, 15) is 13.8 Å². The number of carbonyl (C=O) groups excluding carboxylic acids is 2. The minimum Gasteiger partial charge on any atom is -0.490 e. The van der Waals surface area contributed by atoms with Crippen molar-refractivity contribution >= 4 is 27.1 Å². The van der Waals surface area contributed by atoms with Gasteiger partial charge in [-0.05, 0) is 100.0 Å². The molecule has 4 aliphatic rings. The van der Waals surface area contributed by atoms with E-state index in [2.05, 4.69) is 51.6 Å². The summed E-state index contributed by atoms with van der Waals surface area (Å²) in [5.41, 5.74) is 5.47. The zero-order valence-electron chi connectivity index (χ0n) is 28.9. The van der Waals surface area contributed by atoms with Gasteiger partial charge < -0.3 is 14.4 Å². The van der Waals surface area contributed by atoms with Crippen LogP contribution in [0.1, 0.15) is 82.9 Å². The fraction of sp³-hybridized carbons (Fsp3) is 0.513. The normalized spacial score (nSPS) is 29.1. The molecule has 0 unspecified atom stereocenters. The average Bonchev–Trinajstić information content (AvgIpc) is 3.51. The molecule has 10 heteroatoms. The molecule has 0 radical (unpaired) electrons. The van der Waals surface area contributed by atoms with Crippen LogP contribution in [0.25, 0.3) is 0 Å². The van der Waals surface area contributed by atoms with E-state index in [1.165, 1.54) is 22.9 Å². The number of methoxy groups -OCH3 is 1. The zero-order valence-corrected chi connectivity index (χ0v) is 29.8. The van der Waals surface area contributed by atoms with E-state index >= 15 is 0 Å². The van der Waals surface area contributed by atoms with Gasteiger partial charge in [0.15, 0.2) is 5.78 Å². The summed E-state index contributed by atoms with van der Waals surface area (Å²) in [5, 5.41) is 4.21. The molecule has 1 aromatic heterocycles. The van der Waals surface area contributed by atoms with E-state index in [4.69, 9.17) is 9.47 Å². The number of hydrogen-bond donors (Lipinski definition) is 0. The number of rotatable bonds is 5. The first kappa shape index (κ1) is 33.7. The molecule has 1 fully saturated rings. The van der Waals surface area contributed by atoms with Gasteiger partial charge in [-0.2, -0.15) is 9.46 Å². The van der Waals surface area contributed by atoms with Crippen LogP contribution in [0.4, 0.5) is 5.69 Å². The Balaban J connectivity index is 1.28. The van der Waals surface area contributed by atoms with E-state index in [0.29, 0.717) is 49.0 Å². The molecule has 3 aromatic rings. The topological polar surface area (TPSA) is 103 Å². The summed E-state index contributed by atoms with van der Waals surface area (Å²) in [6.07, 6.45) is 14.0. The Morgan fingerprint density at radius 2 is 2.04 bits per heavy atom. The molecule has 5 atom stereocenters. The fourth-order valence-electron chi connectivity index (χ4n) is 8.32. The third kappa shape index (κ3) is 6.86. The highest BCUT2D eigenvalue weighted by Crippen LogP contribution is 2.47. The highest BCUT2D eigenvalue weighted by Gasteiger charge is 2.44. The Bertz CT molecular complexity index is 1890. The van der Waals surface area contributed by atoms with Gasteiger partial charge in [0.05, 0.1) is 45.6 Å².